The summed E-state index contributed by atoms with van der Waals surface area (Å²) in [5.74, 6) is 0.561. The fourth-order valence-electron chi connectivity index (χ4n) is 2.58. The molecule has 0 aromatic carbocycles. The van der Waals surface area contributed by atoms with E-state index in [1.165, 1.54) is 0 Å². The number of nitrogens with zero attached hydrogens (tertiary/aromatic N) is 1. The lowest BCUT2D eigenvalue weighted by molar-refractivity contribution is -0.220. The van der Waals surface area contributed by atoms with Crippen LogP contribution in [-0.2, 0) is 4.52 Å². The zero-order valence-corrected chi connectivity index (χ0v) is 13.0. The predicted molar refractivity (Wildman–Crippen MR) is 72.8 cm³/mol. The van der Waals surface area contributed by atoms with Crippen LogP contribution in [0.15, 0.2) is 0 Å². The average Bonchev–Trinajstić information content (AvgIpc) is 2.15. The molecule has 0 amide bonds. The Morgan fingerprint density at radius 2 is 1.88 bits per heavy atom. The lowest BCUT2D eigenvalue weighted by Crippen LogP contribution is -2.48. The lowest BCUT2D eigenvalue weighted by atomic mass is 10.1. The molecular formula is C13H28NO2P. The minimum atomic E-state index is -2.65. The quantitative estimate of drug-likeness (QED) is 0.730. The molecule has 1 rings (SSSR count). The topological polar surface area (TPSA) is 35.5 Å². The van der Waals surface area contributed by atoms with E-state index in [1.807, 2.05) is 6.92 Å². The predicted octanol–water partition coefficient (Wildman–Crippen LogP) is 3.06. The Labute approximate surface area is 107 Å². The van der Waals surface area contributed by atoms with Crippen molar-refractivity contribution < 1.29 is 9.42 Å². The summed E-state index contributed by atoms with van der Waals surface area (Å²) in [6.45, 7) is 13.6. The molecule has 3 atom stereocenters. The van der Waals surface area contributed by atoms with Crippen LogP contribution in [0.4, 0.5) is 0 Å². The Morgan fingerprint density at radius 1 is 1.29 bits per heavy atom. The molecule has 1 unspecified atom stereocenters. The van der Waals surface area contributed by atoms with Gasteiger partial charge in [0.25, 0.3) is 0 Å². The average molecular weight is 261 g/mol. The van der Waals surface area contributed by atoms with Gasteiger partial charge in [0, 0.05) is 12.6 Å². The van der Waals surface area contributed by atoms with Crippen LogP contribution in [0.1, 0.15) is 54.4 Å². The fraction of sp³-hybridized carbons (Fsp3) is 1.00. The molecule has 4 heteroatoms. The molecule has 3 nitrogen and oxygen atoms in total. The van der Waals surface area contributed by atoms with E-state index in [2.05, 4.69) is 39.3 Å². The highest BCUT2D eigenvalue weighted by Crippen LogP contribution is 2.64. The Bertz CT molecular complexity index is 248. The summed E-state index contributed by atoms with van der Waals surface area (Å²) in [6.07, 6.45) is 2.08. The molecule has 102 valence electrons. The summed E-state index contributed by atoms with van der Waals surface area (Å²) >= 11 is 0. The van der Waals surface area contributed by atoms with Crippen molar-refractivity contribution in [3.8, 4) is 0 Å². The van der Waals surface area contributed by atoms with Gasteiger partial charge >= 0.3 is 0 Å². The highest BCUT2D eigenvalue weighted by molar-refractivity contribution is 7.62. The Balaban J connectivity index is 2.84. The van der Waals surface area contributed by atoms with Crippen molar-refractivity contribution in [3.05, 3.63) is 0 Å². The van der Waals surface area contributed by atoms with Gasteiger partial charge in [0.2, 0.25) is 0 Å². The normalized spacial score (nSPS) is 33.4. The zero-order chi connectivity index (χ0) is 13.2. The second kappa shape index (κ2) is 5.97. The number of hydrogen-bond acceptors (Lipinski definition) is 3. The maximum atomic E-state index is 13.2. The van der Waals surface area contributed by atoms with E-state index in [1.54, 1.807) is 0 Å². The molecule has 1 aliphatic rings. The summed E-state index contributed by atoms with van der Waals surface area (Å²) in [7, 11) is -2.65. The number of hydrogen-bond donors (Lipinski definition) is 0. The monoisotopic (exact) mass is 261 g/mol. The summed E-state index contributed by atoms with van der Waals surface area (Å²) in [4.78, 5) is 13.2. The van der Waals surface area contributed by atoms with Crippen LogP contribution in [0.5, 0.6) is 0 Å². The molecule has 0 bridgehead atoms. The molecule has 0 aromatic heterocycles. The third kappa shape index (κ3) is 3.64. The van der Waals surface area contributed by atoms with Crippen molar-refractivity contribution in [2.45, 2.75) is 72.2 Å². The van der Waals surface area contributed by atoms with E-state index in [-0.39, 0.29) is 11.8 Å². The zero-order valence-electron chi connectivity index (χ0n) is 12.1. The van der Waals surface area contributed by atoms with E-state index in [0.717, 1.165) is 19.4 Å². The molecule has 0 saturated carbocycles. The molecule has 17 heavy (non-hydrogen) atoms. The SMILES string of the molecule is CC(C)C[C@H](C)[P+]1([O-])O[C@@H](C)CCN1C(C)C. The van der Waals surface area contributed by atoms with Crippen molar-refractivity contribution in [1.82, 2.24) is 4.67 Å². The molecule has 1 heterocycles. The van der Waals surface area contributed by atoms with Gasteiger partial charge in [0.15, 0.2) is 7.87 Å². The smallest absolute Gasteiger partial charge is 0.176 e. The Hall–Kier alpha value is 0.310. The Morgan fingerprint density at radius 3 is 2.35 bits per heavy atom. The van der Waals surface area contributed by atoms with Gasteiger partial charge in [-0.15, -0.1) is 0 Å². The van der Waals surface area contributed by atoms with E-state index in [9.17, 15) is 4.89 Å². The maximum absolute atomic E-state index is 13.2. The van der Waals surface area contributed by atoms with Crippen molar-refractivity contribution in [2.24, 2.45) is 5.92 Å². The van der Waals surface area contributed by atoms with Gasteiger partial charge in [-0.1, -0.05) is 13.8 Å². The van der Waals surface area contributed by atoms with Crippen LogP contribution in [0.2, 0.25) is 0 Å². The van der Waals surface area contributed by atoms with Gasteiger partial charge < -0.3 is 4.89 Å². The van der Waals surface area contributed by atoms with E-state index in [4.69, 9.17) is 4.52 Å². The highest BCUT2D eigenvalue weighted by atomic mass is 31.2. The lowest BCUT2D eigenvalue weighted by Gasteiger charge is -2.48. The fourth-order valence-corrected chi connectivity index (χ4v) is 5.76. The van der Waals surface area contributed by atoms with E-state index in [0.29, 0.717) is 12.0 Å². The molecule has 1 aliphatic heterocycles. The van der Waals surface area contributed by atoms with Gasteiger partial charge in [-0.3, -0.25) is 0 Å². The summed E-state index contributed by atoms with van der Waals surface area (Å²) in [5, 5.41) is 0. The van der Waals surface area contributed by atoms with E-state index >= 15 is 0 Å². The molecule has 0 spiro atoms. The molecule has 0 aliphatic carbocycles. The first-order valence-electron chi connectivity index (χ1n) is 6.82. The standard InChI is InChI=1S/C13H28NO2P/c1-10(2)9-13(6)17(15)14(11(3)4)8-7-12(5)16-17/h10-13H,7-9H2,1-6H3/t12-,13-,17?/m0/s1. The van der Waals surface area contributed by atoms with Crippen molar-refractivity contribution in [3.63, 3.8) is 0 Å². The van der Waals surface area contributed by atoms with Crippen LogP contribution in [0.3, 0.4) is 0 Å². The molecular weight excluding hydrogens is 233 g/mol. The number of rotatable bonds is 4. The van der Waals surface area contributed by atoms with Crippen LogP contribution >= 0.6 is 7.87 Å². The van der Waals surface area contributed by atoms with Gasteiger partial charge in [0.1, 0.15) is 11.8 Å². The maximum Gasteiger partial charge on any atom is 0.176 e. The largest absolute Gasteiger partial charge is 0.641 e. The van der Waals surface area contributed by atoms with Crippen molar-refractivity contribution in [2.75, 3.05) is 6.54 Å². The molecule has 1 fully saturated rings. The minimum absolute atomic E-state index is 0.130. The first-order valence-corrected chi connectivity index (χ1v) is 8.47. The van der Waals surface area contributed by atoms with Gasteiger partial charge in [0.05, 0.1) is 0 Å². The van der Waals surface area contributed by atoms with Crippen LogP contribution in [-0.4, -0.2) is 29.0 Å². The molecule has 0 aromatic rings. The van der Waals surface area contributed by atoms with Crippen LogP contribution < -0.4 is 4.89 Å². The second-order valence-electron chi connectivity index (χ2n) is 6.00. The van der Waals surface area contributed by atoms with Gasteiger partial charge in [-0.05, 0) is 46.5 Å². The Kier molecular flexibility index (Phi) is 5.39. The third-order valence-corrected chi connectivity index (χ3v) is 6.78. The molecule has 1 saturated heterocycles. The first kappa shape index (κ1) is 15.4. The molecule has 0 radical (unpaired) electrons. The summed E-state index contributed by atoms with van der Waals surface area (Å²) < 4.78 is 7.99. The third-order valence-electron chi connectivity index (χ3n) is 3.42. The minimum Gasteiger partial charge on any atom is -0.641 e. The summed E-state index contributed by atoms with van der Waals surface area (Å²) in [5.41, 5.74) is 0.132. The second-order valence-corrected chi connectivity index (χ2v) is 8.74. The van der Waals surface area contributed by atoms with Crippen molar-refractivity contribution >= 4 is 7.87 Å². The van der Waals surface area contributed by atoms with Crippen molar-refractivity contribution in [1.29, 1.82) is 0 Å². The molecule has 0 N–H and O–H groups in total. The van der Waals surface area contributed by atoms with Crippen LogP contribution in [0, 0.1) is 5.92 Å². The van der Waals surface area contributed by atoms with Gasteiger partial charge in [-0.25, -0.2) is 4.52 Å². The van der Waals surface area contributed by atoms with Gasteiger partial charge in [-0.2, -0.15) is 4.67 Å². The first-order chi connectivity index (χ1) is 7.77. The summed E-state index contributed by atoms with van der Waals surface area (Å²) in [6, 6.07) is 0.294. The highest BCUT2D eigenvalue weighted by Gasteiger charge is 2.47. The van der Waals surface area contributed by atoms with E-state index < -0.39 is 7.87 Å². The van der Waals surface area contributed by atoms with Crippen LogP contribution in [0.25, 0.3) is 0 Å².